The molecule has 0 rings (SSSR count). The summed E-state index contributed by atoms with van der Waals surface area (Å²) < 4.78 is 27.5. The maximum Gasteiger partial charge on any atom is 0.494 e. The van der Waals surface area contributed by atoms with Gasteiger partial charge in [0.15, 0.2) is 6.04 Å². The Morgan fingerprint density at radius 3 is 1.68 bits per heavy atom. The van der Waals surface area contributed by atoms with Gasteiger partial charge in [0.1, 0.15) is 13.2 Å². The van der Waals surface area contributed by atoms with Gasteiger partial charge in [-0.15, -0.1) is 0 Å². The summed E-state index contributed by atoms with van der Waals surface area (Å²) in [6.45, 7) is 1.74. The first-order chi connectivity index (χ1) is 18.0. The molecule has 1 unspecified atom stereocenters. The van der Waals surface area contributed by atoms with Crippen molar-refractivity contribution >= 4 is 19.7 Å². The molecule has 0 aromatic carbocycles. The van der Waals surface area contributed by atoms with Crippen molar-refractivity contribution < 1.29 is 42.5 Å². The van der Waals surface area contributed by atoms with E-state index in [9.17, 15) is 24.2 Å². The number of rotatable bonds is 25. The first-order valence-electron chi connectivity index (χ1n) is 14.5. The number of aliphatic hydroxyl groups is 1. The van der Waals surface area contributed by atoms with Crippen LogP contribution in [-0.2, 0) is 28.0 Å². The van der Waals surface area contributed by atoms with E-state index in [1.54, 1.807) is 0 Å². The molecule has 10 nitrogen and oxygen atoms in total. The molecule has 0 bridgehead atoms. The molecule has 0 aliphatic heterocycles. The molecular weight excluding hydrogens is 511 g/mol. The molecule has 226 valence electrons. The fraction of sp³-hybridized carbons (Fsp3) is 0.926. The van der Waals surface area contributed by atoms with Gasteiger partial charge in [-0.3, -0.25) is 9.32 Å². The van der Waals surface area contributed by atoms with Crippen LogP contribution < -0.4 is 0 Å². The highest BCUT2D eigenvalue weighted by atomic mass is 31.2. The number of likely N-dealkylation sites (N-methyl/N-ethyl adjacent to an activating group) is 1. The standard InChI is InChI=1S/C27H55N2O8P/c1-6-7-8-9-10-11-12-13-14-15-16-17-18-19-20-21-26(31)28(25(24-30)27(32)35-5)37-38(33,34)36-23-22-29(2,3)4/h25,30H,6-24H2,1-5H3/p+1/t25-/m0/s1. The topological polar surface area (TPSA) is 123 Å². The average Bonchev–Trinajstić information content (AvgIpc) is 2.84. The van der Waals surface area contributed by atoms with Crippen LogP contribution in [0.4, 0.5) is 0 Å². The van der Waals surface area contributed by atoms with Gasteiger partial charge < -0.3 is 19.2 Å². The molecule has 0 aliphatic rings. The van der Waals surface area contributed by atoms with Crippen LogP contribution in [0.3, 0.4) is 0 Å². The normalized spacial score (nSPS) is 14.2. The Kier molecular flexibility index (Phi) is 21.2. The summed E-state index contributed by atoms with van der Waals surface area (Å²) in [6, 6.07) is -1.56. The van der Waals surface area contributed by atoms with Crippen molar-refractivity contribution in [2.75, 3.05) is 48.0 Å². The van der Waals surface area contributed by atoms with E-state index in [0.717, 1.165) is 26.4 Å². The lowest BCUT2D eigenvalue weighted by Gasteiger charge is -2.29. The quantitative estimate of drug-likeness (QED) is 0.0497. The third-order valence-electron chi connectivity index (χ3n) is 6.38. The zero-order chi connectivity index (χ0) is 28.9. The number of methoxy groups -OCH3 is 1. The van der Waals surface area contributed by atoms with Crippen molar-refractivity contribution in [2.24, 2.45) is 0 Å². The van der Waals surface area contributed by atoms with Gasteiger partial charge in [-0.1, -0.05) is 96.8 Å². The molecule has 0 heterocycles. The van der Waals surface area contributed by atoms with Crippen LogP contribution in [0.15, 0.2) is 0 Å². The molecule has 0 aromatic rings. The molecule has 2 atom stereocenters. The predicted molar refractivity (Wildman–Crippen MR) is 149 cm³/mol. The number of aliphatic hydroxyl groups excluding tert-OH is 1. The molecular formula is C27H56N2O8P+. The molecule has 0 spiro atoms. The number of unbranched alkanes of at least 4 members (excludes halogenated alkanes) is 14. The van der Waals surface area contributed by atoms with Gasteiger partial charge in [0.05, 0.1) is 34.9 Å². The summed E-state index contributed by atoms with van der Waals surface area (Å²) in [7, 11) is 2.05. The number of carbonyl (C=O) groups is 2. The van der Waals surface area contributed by atoms with E-state index < -0.39 is 32.3 Å². The fourth-order valence-corrected chi connectivity index (χ4v) is 4.77. The highest BCUT2D eigenvalue weighted by Gasteiger charge is 2.37. The summed E-state index contributed by atoms with van der Waals surface area (Å²) in [5.74, 6) is -1.64. The van der Waals surface area contributed by atoms with E-state index in [0.29, 0.717) is 22.5 Å². The van der Waals surface area contributed by atoms with Gasteiger partial charge in [-0.25, -0.2) is 9.36 Å². The molecule has 0 aliphatic carbocycles. The molecule has 2 N–H and O–H groups in total. The summed E-state index contributed by atoms with van der Waals surface area (Å²) in [5.41, 5.74) is 0. The summed E-state index contributed by atoms with van der Waals surface area (Å²) >= 11 is 0. The van der Waals surface area contributed by atoms with Crippen LogP contribution in [0.5, 0.6) is 0 Å². The van der Waals surface area contributed by atoms with Crippen molar-refractivity contribution in [3.63, 3.8) is 0 Å². The fourth-order valence-electron chi connectivity index (χ4n) is 3.98. The Labute approximate surface area is 231 Å². The van der Waals surface area contributed by atoms with Gasteiger partial charge in [0.25, 0.3) is 0 Å². The molecule has 0 radical (unpaired) electrons. The number of hydrogen-bond donors (Lipinski definition) is 2. The van der Waals surface area contributed by atoms with Crippen molar-refractivity contribution in [2.45, 2.75) is 116 Å². The molecule has 1 amide bonds. The zero-order valence-corrected chi connectivity index (χ0v) is 25.6. The number of phosphoric ester groups is 1. The van der Waals surface area contributed by atoms with E-state index in [-0.39, 0.29) is 13.0 Å². The Morgan fingerprint density at radius 2 is 1.29 bits per heavy atom. The van der Waals surface area contributed by atoms with Crippen molar-refractivity contribution in [3.05, 3.63) is 0 Å². The van der Waals surface area contributed by atoms with E-state index in [2.05, 4.69) is 11.7 Å². The van der Waals surface area contributed by atoms with Crippen LogP contribution >= 0.6 is 7.82 Å². The third kappa shape index (κ3) is 20.0. The first kappa shape index (κ1) is 37.0. The molecule has 11 heteroatoms. The number of nitrogens with zero attached hydrogens (tertiary/aromatic N) is 2. The van der Waals surface area contributed by atoms with Gasteiger partial charge >= 0.3 is 13.8 Å². The van der Waals surface area contributed by atoms with Gasteiger partial charge in [-0.2, -0.15) is 9.69 Å². The van der Waals surface area contributed by atoms with Crippen molar-refractivity contribution in [3.8, 4) is 0 Å². The van der Waals surface area contributed by atoms with Crippen LogP contribution in [0.1, 0.15) is 110 Å². The summed E-state index contributed by atoms with van der Waals surface area (Å²) in [4.78, 5) is 35.0. The Hall–Kier alpha value is -1.03. The maximum absolute atomic E-state index is 12.8. The lowest BCUT2D eigenvalue weighted by molar-refractivity contribution is -0.870. The summed E-state index contributed by atoms with van der Waals surface area (Å²) in [6.07, 6.45) is 17.8. The first-order valence-corrected chi connectivity index (χ1v) is 15.9. The van der Waals surface area contributed by atoms with Crippen LogP contribution in [0.25, 0.3) is 0 Å². The second kappa shape index (κ2) is 21.8. The highest BCUT2D eigenvalue weighted by Crippen LogP contribution is 2.45. The largest absolute Gasteiger partial charge is 0.494 e. The van der Waals surface area contributed by atoms with E-state index in [1.807, 2.05) is 21.1 Å². The molecule has 0 saturated carbocycles. The minimum absolute atomic E-state index is 0.00459. The highest BCUT2D eigenvalue weighted by molar-refractivity contribution is 7.47. The number of hydrogen-bond acceptors (Lipinski definition) is 7. The minimum Gasteiger partial charge on any atom is -0.467 e. The zero-order valence-electron chi connectivity index (χ0n) is 24.7. The van der Waals surface area contributed by atoms with Crippen LogP contribution in [-0.4, -0.2) is 85.5 Å². The van der Waals surface area contributed by atoms with Gasteiger partial charge in [-0.05, 0) is 6.42 Å². The SMILES string of the molecule is CCCCCCCCCCCCCCCCCC(=O)N(OP(=O)(O)OCC[N+](C)(C)C)[C@@H](CO)C(=O)OC. The smallest absolute Gasteiger partial charge is 0.467 e. The van der Waals surface area contributed by atoms with E-state index in [1.165, 1.54) is 70.6 Å². The summed E-state index contributed by atoms with van der Waals surface area (Å²) in [5, 5.41) is 10.1. The van der Waals surface area contributed by atoms with Crippen molar-refractivity contribution in [1.29, 1.82) is 0 Å². The van der Waals surface area contributed by atoms with Crippen LogP contribution in [0.2, 0.25) is 0 Å². The van der Waals surface area contributed by atoms with Gasteiger partial charge in [0.2, 0.25) is 5.91 Å². The number of phosphoric acid groups is 1. The number of hydroxylamine groups is 2. The lowest BCUT2D eigenvalue weighted by Crippen LogP contribution is -2.47. The third-order valence-corrected chi connectivity index (χ3v) is 7.27. The number of esters is 1. The number of carbonyl (C=O) groups excluding carboxylic acids is 2. The predicted octanol–water partition coefficient (Wildman–Crippen LogP) is 5.37. The van der Waals surface area contributed by atoms with Gasteiger partial charge in [0, 0.05) is 6.42 Å². The molecule has 38 heavy (non-hydrogen) atoms. The molecule has 0 fully saturated rings. The van der Waals surface area contributed by atoms with Crippen LogP contribution in [0, 0.1) is 0 Å². The van der Waals surface area contributed by atoms with Crippen molar-refractivity contribution in [1.82, 2.24) is 5.06 Å². The second-order valence-corrected chi connectivity index (χ2v) is 12.4. The maximum atomic E-state index is 12.8. The number of amides is 1. The monoisotopic (exact) mass is 567 g/mol. The second-order valence-electron chi connectivity index (χ2n) is 11.0. The molecule has 0 aromatic heterocycles. The Balaban J connectivity index is 4.37. The molecule has 0 saturated heterocycles. The lowest BCUT2D eigenvalue weighted by atomic mass is 10.0. The van der Waals surface area contributed by atoms with E-state index in [4.69, 9.17) is 9.15 Å². The Morgan fingerprint density at radius 1 is 0.842 bits per heavy atom. The number of ether oxygens (including phenoxy) is 1. The average molecular weight is 568 g/mol. The Bertz CT molecular complexity index is 672. The number of quaternary nitrogens is 1. The minimum atomic E-state index is -4.70. The van der Waals surface area contributed by atoms with E-state index >= 15 is 0 Å².